The Morgan fingerprint density at radius 1 is 0.300 bits per heavy atom. The van der Waals surface area contributed by atoms with E-state index in [4.69, 9.17) is 0 Å². The van der Waals surface area contributed by atoms with Gasteiger partial charge in [-0.25, -0.2) is 0 Å². The average molecular weight is 887 g/mol. The van der Waals surface area contributed by atoms with Crippen LogP contribution in [0.25, 0.3) is 72.0 Å². The lowest BCUT2D eigenvalue weighted by molar-refractivity contribution is 0.748. The Balaban J connectivity index is 0.875. The molecular weight excluding hydrogens is 845 g/mol. The van der Waals surface area contributed by atoms with E-state index in [9.17, 15) is 0 Å². The Morgan fingerprint density at radius 2 is 0.786 bits per heavy atom. The summed E-state index contributed by atoms with van der Waals surface area (Å²) in [5.41, 5.74) is 27.2. The van der Waals surface area contributed by atoms with Crippen molar-refractivity contribution >= 4 is 38.9 Å². The highest BCUT2D eigenvalue weighted by atomic mass is 15.1. The predicted molar refractivity (Wildman–Crippen MR) is 288 cm³/mol. The Bertz CT molecular complexity index is 4150. The zero-order chi connectivity index (χ0) is 45.7. The topological polar surface area (TPSA) is 8.17 Å². The molecule has 2 spiro atoms. The van der Waals surface area contributed by atoms with Crippen molar-refractivity contribution < 1.29 is 0 Å². The Morgan fingerprint density at radius 3 is 1.51 bits per heavy atom. The van der Waals surface area contributed by atoms with Gasteiger partial charge in [-0.05, 0) is 132 Å². The van der Waals surface area contributed by atoms with E-state index in [1.165, 1.54) is 117 Å². The fraction of sp³-hybridized carbons (Fsp3) is 0.0294. The van der Waals surface area contributed by atoms with Crippen LogP contribution in [0.3, 0.4) is 0 Å². The molecule has 0 bridgehead atoms. The van der Waals surface area contributed by atoms with Crippen LogP contribution in [0.2, 0.25) is 0 Å². The summed E-state index contributed by atoms with van der Waals surface area (Å²) >= 11 is 0. The molecule has 1 aliphatic heterocycles. The Labute approximate surface area is 406 Å². The van der Waals surface area contributed by atoms with Crippen LogP contribution < -0.4 is 4.90 Å². The molecule has 2 heterocycles. The number of nitrogens with zero attached hydrogens (tertiary/aromatic N) is 2. The molecule has 0 radical (unpaired) electrons. The van der Waals surface area contributed by atoms with E-state index in [0.717, 1.165) is 17.1 Å². The van der Waals surface area contributed by atoms with Gasteiger partial charge < -0.3 is 9.47 Å². The van der Waals surface area contributed by atoms with E-state index in [-0.39, 0.29) is 5.41 Å². The monoisotopic (exact) mass is 886 g/mol. The molecule has 0 N–H and O–H groups in total. The molecule has 324 valence electrons. The minimum Gasteiger partial charge on any atom is -0.310 e. The van der Waals surface area contributed by atoms with E-state index in [1.807, 2.05) is 0 Å². The number of fused-ring (bicyclic) bond motifs is 22. The van der Waals surface area contributed by atoms with Gasteiger partial charge >= 0.3 is 0 Å². The predicted octanol–water partition coefficient (Wildman–Crippen LogP) is 16.9. The largest absolute Gasteiger partial charge is 0.310 e. The van der Waals surface area contributed by atoms with Gasteiger partial charge in [-0.15, -0.1) is 0 Å². The van der Waals surface area contributed by atoms with Crippen molar-refractivity contribution in [1.82, 2.24) is 4.57 Å². The van der Waals surface area contributed by atoms with Crippen LogP contribution in [0.15, 0.2) is 255 Å². The quantitative estimate of drug-likeness (QED) is 0.171. The molecular formula is C68H42N2. The van der Waals surface area contributed by atoms with Crippen molar-refractivity contribution in [2.24, 2.45) is 0 Å². The third-order valence-corrected chi connectivity index (χ3v) is 16.4. The van der Waals surface area contributed by atoms with Crippen LogP contribution in [0, 0.1) is 0 Å². The van der Waals surface area contributed by atoms with Crippen LogP contribution in [0.5, 0.6) is 0 Å². The first-order chi connectivity index (χ1) is 34.8. The number of anilines is 3. The maximum absolute atomic E-state index is 2.52. The lowest BCUT2D eigenvalue weighted by atomic mass is 9.65. The molecule has 0 fully saturated rings. The van der Waals surface area contributed by atoms with E-state index >= 15 is 0 Å². The molecule has 4 aliphatic rings. The molecule has 1 unspecified atom stereocenters. The fourth-order valence-corrected chi connectivity index (χ4v) is 13.9. The first-order valence-electron chi connectivity index (χ1n) is 24.5. The molecule has 11 aromatic carbocycles. The van der Waals surface area contributed by atoms with E-state index in [2.05, 4.69) is 264 Å². The van der Waals surface area contributed by atoms with Gasteiger partial charge in [0.25, 0.3) is 0 Å². The van der Waals surface area contributed by atoms with Crippen molar-refractivity contribution in [2.45, 2.75) is 10.8 Å². The van der Waals surface area contributed by atoms with Crippen molar-refractivity contribution in [3.05, 3.63) is 299 Å². The highest BCUT2D eigenvalue weighted by Gasteiger charge is 2.53. The maximum Gasteiger partial charge on any atom is 0.0755 e. The summed E-state index contributed by atoms with van der Waals surface area (Å²) in [6.45, 7) is 0. The normalized spacial score (nSPS) is 15.6. The molecule has 70 heavy (non-hydrogen) atoms. The zero-order valence-electron chi connectivity index (χ0n) is 38.1. The third-order valence-electron chi connectivity index (χ3n) is 16.4. The van der Waals surface area contributed by atoms with E-state index in [0.29, 0.717) is 0 Å². The number of para-hydroxylation sites is 4. The van der Waals surface area contributed by atoms with Crippen LogP contribution >= 0.6 is 0 Å². The van der Waals surface area contributed by atoms with Gasteiger partial charge in [-0.3, -0.25) is 0 Å². The van der Waals surface area contributed by atoms with Crippen LogP contribution in [0.1, 0.15) is 44.5 Å². The lowest BCUT2D eigenvalue weighted by Crippen LogP contribution is -2.33. The van der Waals surface area contributed by atoms with Crippen LogP contribution in [0.4, 0.5) is 17.1 Å². The van der Waals surface area contributed by atoms with Crippen LogP contribution in [-0.4, -0.2) is 4.57 Å². The number of rotatable bonds is 4. The summed E-state index contributed by atoms with van der Waals surface area (Å²) in [4.78, 5) is 2.47. The summed E-state index contributed by atoms with van der Waals surface area (Å²) in [5.74, 6) is 0. The molecule has 1 aromatic heterocycles. The smallest absolute Gasteiger partial charge is 0.0755 e. The van der Waals surface area contributed by atoms with Gasteiger partial charge in [0, 0.05) is 27.7 Å². The van der Waals surface area contributed by atoms with Gasteiger partial charge in [-0.2, -0.15) is 0 Å². The molecule has 0 saturated carbocycles. The highest BCUT2D eigenvalue weighted by Crippen LogP contribution is 2.65. The second kappa shape index (κ2) is 13.8. The summed E-state index contributed by atoms with van der Waals surface area (Å²) < 4.78 is 2.52. The third kappa shape index (κ3) is 4.59. The SMILES string of the molecule is c1ccc(N(c2ccc(-c3ccc4c(c3)-c3ccccc3C43c4ccccc4-c4ccccc43)cc2)c2cccc3c2-c2ccccc2C32c3ccccc3-n3c4ccccc4c4cccc2c43)cc1. The maximum atomic E-state index is 2.52. The number of aromatic nitrogens is 1. The number of hydrogen-bond acceptors (Lipinski definition) is 1. The molecule has 1 atom stereocenters. The van der Waals surface area contributed by atoms with Gasteiger partial charge in [0.2, 0.25) is 0 Å². The van der Waals surface area contributed by atoms with Crippen molar-refractivity contribution in [3.63, 3.8) is 0 Å². The minimum atomic E-state index is -0.540. The molecule has 0 saturated heterocycles. The molecule has 2 heteroatoms. The lowest BCUT2D eigenvalue weighted by Gasteiger charge is -2.39. The average Bonchev–Trinajstić information content (AvgIpc) is 4.13. The second-order valence-electron chi connectivity index (χ2n) is 19.4. The summed E-state index contributed by atoms with van der Waals surface area (Å²) in [7, 11) is 0. The molecule has 3 aliphatic carbocycles. The van der Waals surface area contributed by atoms with Crippen molar-refractivity contribution in [1.29, 1.82) is 0 Å². The first kappa shape index (κ1) is 38.0. The summed E-state index contributed by atoms with van der Waals surface area (Å²) in [5, 5.41) is 2.57. The molecule has 12 aromatic rings. The Hall–Kier alpha value is -8.98. The highest BCUT2D eigenvalue weighted by molar-refractivity contribution is 6.13. The summed E-state index contributed by atoms with van der Waals surface area (Å²) in [6.07, 6.45) is 0. The fourth-order valence-electron chi connectivity index (χ4n) is 13.9. The zero-order valence-corrected chi connectivity index (χ0v) is 38.1. The van der Waals surface area contributed by atoms with Gasteiger partial charge in [0.1, 0.15) is 0 Å². The van der Waals surface area contributed by atoms with E-state index < -0.39 is 5.41 Å². The van der Waals surface area contributed by atoms with Gasteiger partial charge in [0.15, 0.2) is 0 Å². The van der Waals surface area contributed by atoms with Gasteiger partial charge in [-0.1, -0.05) is 206 Å². The van der Waals surface area contributed by atoms with E-state index in [1.54, 1.807) is 0 Å². The number of benzene rings is 11. The van der Waals surface area contributed by atoms with Crippen molar-refractivity contribution in [2.75, 3.05) is 4.90 Å². The Kier molecular flexibility index (Phi) is 7.51. The minimum absolute atomic E-state index is 0.352. The first-order valence-corrected chi connectivity index (χ1v) is 24.5. The standard InChI is InChI=1S/C68H42N2/c1-2-18-45(19-3-1)69(46-39-36-43(37-40-46)44-38-41-58-53(42-44)49-22-6-11-28-56(49)67(58)54-26-9-4-20-47(54)48-21-5-10-27-55(48)67)64-35-17-31-60-65(64)52-24-7-12-29-57(52)68(60)59-30-13-15-34-63(59)70-62-33-14-8-23-50(62)51-25-16-32-61(68)66(51)70/h1-42H. The second-order valence-corrected chi connectivity index (χ2v) is 19.4. The van der Waals surface area contributed by atoms with Gasteiger partial charge in [0.05, 0.1) is 33.2 Å². The molecule has 16 rings (SSSR count). The molecule has 0 amide bonds. The van der Waals surface area contributed by atoms with Crippen LogP contribution in [-0.2, 0) is 10.8 Å². The van der Waals surface area contributed by atoms with Crippen molar-refractivity contribution in [3.8, 4) is 50.2 Å². The summed E-state index contributed by atoms with van der Waals surface area (Å²) in [6, 6.07) is 95.7. The molecule has 2 nitrogen and oxygen atoms in total. The number of hydrogen-bond donors (Lipinski definition) is 0.